The van der Waals surface area contributed by atoms with E-state index in [4.69, 9.17) is 16.3 Å². The highest BCUT2D eigenvalue weighted by atomic mass is 79.9. The highest BCUT2D eigenvalue weighted by Gasteiger charge is 2.20. The Morgan fingerprint density at radius 1 is 1.25 bits per heavy atom. The normalized spacial score (nSPS) is 14.5. The van der Waals surface area contributed by atoms with Crippen molar-refractivity contribution in [3.63, 3.8) is 0 Å². The van der Waals surface area contributed by atoms with E-state index in [9.17, 15) is 0 Å². The van der Waals surface area contributed by atoms with E-state index >= 15 is 0 Å². The van der Waals surface area contributed by atoms with Gasteiger partial charge in [0.1, 0.15) is 12.4 Å². The van der Waals surface area contributed by atoms with Gasteiger partial charge >= 0.3 is 0 Å². The molecule has 0 saturated heterocycles. The highest BCUT2D eigenvalue weighted by molar-refractivity contribution is 9.10. The monoisotopic (exact) mass is 371 g/mol. The number of benzene rings is 1. The Kier molecular flexibility index (Phi) is 4.66. The van der Waals surface area contributed by atoms with Crippen LogP contribution in [-0.4, -0.2) is 6.04 Å². The molecule has 1 aromatic heterocycles. The van der Waals surface area contributed by atoms with Gasteiger partial charge in [-0.3, -0.25) is 0 Å². The summed E-state index contributed by atoms with van der Waals surface area (Å²) in [6, 6.07) is 10.7. The van der Waals surface area contributed by atoms with E-state index in [0.29, 0.717) is 11.6 Å². The highest BCUT2D eigenvalue weighted by Crippen LogP contribution is 2.29. The number of halogens is 2. The summed E-state index contributed by atoms with van der Waals surface area (Å²) in [6.45, 7) is 1.53. The van der Waals surface area contributed by atoms with Crippen LogP contribution in [0.3, 0.4) is 0 Å². The van der Waals surface area contributed by atoms with Crippen LogP contribution in [-0.2, 0) is 13.2 Å². The summed E-state index contributed by atoms with van der Waals surface area (Å²) in [5.74, 6) is 0.723. The quantitative estimate of drug-likeness (QED) is 0.771. The molecule has 1 N–H and O–H groups in total. The Balaban J connectivity index is 1.54. The number of rotatable bonds is 6. The zero-order valence-corrected chi connectivity index (χ0v) is 14.0. The summed E-state index contributed by atoms with van der Waals surface area (Å²) in [4.78, 5) is 2.58. The van der Waals surface area contributed by atoms with Crippen molar-refractivity contribution in [3.8, 4) is 5.75 Å². The number of thiophene rings is 1. The fourth-order valence-corrected chi connectivity index (χ4v) is 3.48. The summed E-state index contributed by atoms with van der Waals surface area (Å²) in [5.41, 5.74) is 0. The van der Waals surface area contributed by atoms with Crippen LogP contribution in [0.5, 0.6) is 5.75 Å². The van der Waals surface area contributed by atoms with Crippen molar-refractivity contribution >= 4 is 38.9 Å². The van der Waals surface area contributed by atoms with E-state index in [0.717, 1.165) is 22.8 Å². The maximum atomic E-state index is 6.13. The maximum Gasteiger partial charge on any atom is 0.138 e. The largest absolute Gasteiger partial charge is 0.487 e. The van der Waals surface area contributed by atoms with Crippen molar-refractivity contribution in [2.75, 3.05) is 0 Å². The van der Waals surface area contributed by atoms with Crippen LogP contribution < -0.4 is 10.1 Å². The number of nitrogens with one attached hydrogen (secondary N) is 1. The Bertz CT molecular complexity index is 597. The third-order valence-corrected chi connectivity index (χ3v) is 4.97. The van der Waals surface area contributed by atoms with Crippen LogP contribution in [0.15, 0.2) is 34.8 Å². The predicted octanol–water partition coefficient (Wildman–Crippen LogP) is 5.00. The Morgan fingerprint density at radius 2 is 2.05 bits per heavy atom. The molecule has 1 aliphatic carbocycles. The molecule has 0 spiro atoms. The van der Waals surface area contributed by atoms with E-state index < -0.39 is 0 Å². The van der Waals surface area contributed by atoms with Gasteiger partial charge in [-0.2, -0.15) is 0 Å². The second kappa shape index (κ2) is 6.48. The minimum Gasteiger partial charge on any atom is -0.487 e. The van der Waals surface area contributed by atoms with Gasteiger partial charge in [0.2, 0.25) is 0 Å². The summed E-state index contributed by atoms with van der Waals surface area (Å²) in [5, 5.41) is 4.15. The van der Waals surface area contributed by atoms with Gasteiger partial charge in [0, 0.05) is 26.8 Å². The first kappa shape index (κ1) is 14.4. The van der Waals surface area contributed by atoms with Gasteiger partial charge < -0.3 is 10.1 Å². The molecular weight excluding hydrogens is 358 g/mol. The topological polar surface area (TPSA) is 21.3 Å². The minimum absolute atomic E-state index is 0.565. The van der Waals surface area contributed by atoms with Gasteiger partial charge in [0.05, 0.1) is 5.02 Å². The van der Waals surface area contributed by atoms with Crippen LogP contribution in [0.1, 0.15) is 22.6 Å². The van der Waals surface area contributed by atoms with Crippen LogP contribution >= 0.6 is 38.9 Å². The van der Waals surface area contributed by atoms with Crippen molar-refractivity contribution in [1.29, 1.82) is 0 Å². The Morgan fingerprint density at radius 3 is 2.80 bits per heavy atom. The maximum absolute atomic E-state index is 6.13. The van der Waals surface area contributed by atoms with E-state index in [2.05, 4.69) is 33.4 Å². The van der Waals surface area contributed by atoms with Gasteiger partial charge in [-0.25, -0.2) is 0 Å². The lowest BCUT2D eigenvalue weighted by Gasteiger charge is -2.06. The molecule has 0 radical (unpaired) electrons. The molecule has 5 heteroatoms. The van der Waals surface area contributed by atoms with Crippen molar-refractivity contribution in [2.45, 2.75) is 32.0 Å². The summed E-state index contributed by atoms with van der Waals surface area (Å²) >= 11 is 11.3. The standard InChI is InChI=1S/C15H15BrClNOS/c16-10-1-6-15(14(17)7-10)19-9-13-5-4-12(20-13)8-18-11-2-3-11/h1,4-7,11,18H,2-3,8-9H2. The lowest BCUT2D eigenvalue weighted by Crippen LogP contribution is -2.14. The van der Waals surface area contributed by atoms with Gasteiger partial charge in [0.15, 0.2) is 0 Å². The smallest absolute Gasteiger partial charge is 0.138 e. The Labute approximate surface area is 136 Å². The summed E-state index contributed by atoms with van der Waals surface area (Å²) in [6.07, 6.45) is 2.65. The lowest BCUT2D eigenvalue weighted by molar-refractivity contribution is 0.310. The van der Waals surface area contributed by atoms with Crippen molar-refractivity contribution in [1.82, 2.24) is 5.32 Å². The fourth-order valence-electron chi connectivity index (χ4n) is 1.87. The van der Waals surface area contributed by atoms with Gasteiger partial charge in [-0.1, -0.05) is 27.5 Å². The molecule has 0 aliphatic heterocycles. The molecular formula is C15H15BrClNOS. The SMILES string of the molecule is Clc1cc(Br)ccc1OCc1ccc(CNC2CC2)s1. The molecule has 20 heavy (non-hydrogen) atoms. The zero-order chi connectivity index (χ0) is 13.9. The molecule has 3 rings (SSSR count). The first-order valence-electron chi connectivity index (χ1n) is 6.59. The summed E-state index contributed by atoms with van der Waals surface area (Å²) < 4.78 is 6.72. The van der Waals surface area contributed by atoms with Crippen LogP contribution in [0.2, 0.25) is 5.02 Å². The number of ether oxygens (including phenoxy) is 1. The van der Waals surface area contributed by atoms with E-state index in [1.165, 1.54) is 22.6 Å². The predicted molar refractivity (Wildman–Crippen MR) is 87.7 cm³/mol. The molecule has 1 aliphatic rings. The molecule has 1 saturated carbocycles. The summed E-state index contributed by atoms with van der Waals surface area (Å²) in [7, 11) is 0. The first-order valence-corrected chi connectivity index (χ1v) is 8.58. The van der Waals surface area contributed by atoms with Gasteiger partial charge in [0.25, 0.3) is 0 Å². The van der Waals surface area contributed by atoms with E-state index in [-0.39, 0.29) is 0 Å². The van der Waals surface area contributed by atoms with Crippen LogP contribution in [0.25, 0.3) is 0 Å². The van der Waals surface area contributed by atoms with Crippen molar-refractivity contribution in [3.05, 3.63) is 49.6 Å². The fraction of sp³-hybridized carbons (Fsp3) is 0.333. The molecule has 106 valence electrons. The molecule has 0 amide bonds. The van der Waals surface area contributed by atoms with Gasteiger partial charge in [-0.15, -0.1) is 11.3 Å². The Hall–Kier alpha value is -0.550. The lowest BCUT2D eigenvalue weighted by atomic mass is 10.3. The zero-order valence-electron chi connectivity index (χ0n) is 10.9. The number of hydrogen-bond acceptors (Lipinski definition) is 3. The van der Waals surface area contributed by atoms with Crippen LogP contribution in [0.4, 0.5) is 0 Å². The van der Waals surface area contributed by atoms with Crippen LogP contribution in [0, 0.1) is 0 Å². The van der Waals surface area contributed by atoms with Crippen molar-refractivity contribution < 1.29 is 4.74 Å². The second-order valence-corrected chi connectivity index (χ2v) is 7.46. The number of hydrogen-bond donors (Lipinski definition) is 1. The van der Waals surface area contributed by atoms with E-state index in [1.54, 1.807) is 11.3 Å². The molecule has 0 unspecified atom stereocenters. The average molecular weight is 373 g/mol. The van der Waals surface area contributed by atoms with E-state index in [1.807, 2.05) is 18.2 Å². The molecule has 0 atom stereocenters. The van der Waals surface area contributed by atoms with Crippen molar-refractivity contribution in [2.24, 2.45) is 0 Å². The first-order chi connectivity index (χ1) is 9.70. The second-order valence-electron chi connectivity index (χ2n) is 4.89. The molecule has 2 aromatic rings. The third kappa shape index (κ3) is 3.98. The minimum atomic E-state index is 0.565. The average Bonchev–Trinajstić information content (AvgIpc) is 3.14. The van der Waals surface area contributed by atoms with Gasteiger partial charge in [-0.05, 0) is 43.2 Å². The molecule has 0 bridgehead atoms. The molecule has 2 nitrogen and oxygen atoms in total. The molecule has 1 fully saturated rings. The molecule has 1 heterocycles. The third-order valence-electron chi connectivity index (χ3n) is 3.12. The molecule has 1 aromatic carbocycles.